The topological polar surface area (TPSA) is 41.1 Å². The molecule has 0 fully saturated rings. The quantitative estimate of drug-likeness (QED) is 0.720. The molecule has 0 radical (unpaired) electrons. The van der Waals surface area contributed by atoms with Gasteiger partial charge in [0.2, 0.25) is 5.95 Å². The Bertz CT molecular complexity index is 907. The van der Waals surface area contributed by atoms with Gasteiger partial charge >= 0.3 is 0 Å². The summed E-state index contributed by atoms with van der Waals surface area (Å²) in [4.78, 5) is 11.8. The maximum absolute atomic E-state index is 4.83. The monoisotopic (exact) mass is 344 g/mol. The molecule has 1 N–H and O–H groups in total. The van der Waals surface area contributed by atoms with Gasteiger partial charge in [-0.3, -0.25) is 0 Å². The summed E-state index contributed by atoms with van der Waals surface area (Å²) in [5.74, 6) is 1.63. The van der Waals surface area contributed by atoms with Crippen LogP contribution in [0, 0.1) is 6.92 Å². The van der Waals surface area contributed by atoms with Crippen LogP contribution in [0.25, 0.3) is 0 Å². The zero-order valence-electron chi connectivity index (χ0n) is 15.5. The van der Waals surface area contributed by atoms with Crippen LogP contribution in [0.3, 0.4) is 0 Å². The van der Waals surface area contributed by atoms with Crippen molar-refractivity contribution in [3.63, 3.8) is 0 Å². The molecule has 0 saturated heterocycles. The van der Waals surface area contributed by atoms with E-state index in [2.05, 4.69) is 83.6 Å². The normalized spacial score (nSPS) is 17.0. The first-order valence-corrected chi connectivity index (χ1v) is 9.16. The number of fused-ring (bicyclic) bond motifs is 1. The van der Waals surface area contributed by atoms with Gasteiger partial charge in [0, 0.05) is 23.5 Å². The third kappa shape index (κ3) is 3.15. The lowest BCUT2D eigenvalue weighted by molar-refractivity contribution is 0.747. The second-order valence-corrected chi connectivity index (χ2v) is 7.02. The van der Waals surface area contributed by atoms with Crippen molar-refractivity contribution in [2.75, 3.05) is 10.2 Å². The summed E-state index contributed by atoms with van der Waals surface area (Å²) >= 11 is 0. The number of hydrogen-bond donors (Lipinski definition) is 1. The highest BCUT2D eigenvalue weighted by molar-refractivity contribution is 5.69. The molecular weight excluding hydrogens is 320 g/mol. The number of rotatable bonds is 4. The Morgan fingerprint density at radius 3 is 2.58 bits per heavy atom. The molecule has 4 heteroatoms. The van der Waals surface area contributed by atoms with E-state index >= 15 is 0 Å². The number of hydrogen-bond acceptors (Lipinski definition) is 4. The molecule has 1 aliphatic heterocycles. The van der Waals surface area contributed by atoms with E-state index in [0.717, 1.165) is 17.9 Å². The van der Waals surface area contributed by atoms with Gasteiger partial charge in [0.05, 0.1) is 6.04 Å². The fraction of sp³-hybridized carbons (Fsp3) is 0.273. The van der Waals surface area contributed by atoms with E-state index in [1.807, 2.05) is 13.0 Å². The number of anilines is 3. The van der Waals surface area contributed by atoms with Crippen molar-refractivity contribution >= 4 is 17.5 Å². The van der Waals surface area contributed by atoms with Crippen LogP contribution in [0.1, 0.15) is 36.7 Å². The van der Waals surface area contributed by atoms with Crippen LogP contribution in [-0.4, -0.2) is 16.0 Å². The Morgan fingerprint density at radius 1 is 1.04 bits per heavy atom. The van der Waals surface area contributed by atoms with Crippen molar-refractivity contribution < 1.29 is 0 Å². The molecule has 2 aromatic carbocycles. The average Bonchev–Trinajstić information content (AvgIpc) is 2.97. The molecule has 0 saturated carbocycles. The standard InChI is InChI=1S/C22H24N4/c1-15-13-21(26-16(2)14-19-11-7-8-12-20(19)26)25-22(23-15)24-17(3)18-9-5-4-6-10-18/h4-13,16-17H,14H2,1-3H3,(H,23,24,25). The van der Waals surface area contributed by atoms with Gasteiger partial charge in [-0.2, -0.15) is 4.98 Å². The van der Waals surface area contributed by atoms with Crippen LogP contribution >= 0.6 is 0 Å². The predicted octanol–water partition coefficient (Wildman–Crippen LogP) is 5.04. The van der Waals surface area contributed by atoms with Crippen molar-refractivity contribution in [3.05, 3.63) is 77.5 Å². The molecule has 0 spiro atoms. The highest BCUT2D eigenvalue weighted by Crippen LogP contribution is 2.37. The van der Waals surface area contributed by atoms with E-state index in [-0.39, 0.29) is 6.04 Å². The Kier molecular flexibility index (Phi) is 4.33. The number of nitrogens with one attached hydrogen (secondary N) is 1. The molecule has 3 aromatic rings. The summed E-state index contributed by atoms with van der Waals surface area (Å²) in [6.45, 7) is 6.40. The fourth-order valence-electron chi connectivity index (χ4n) is 3.67. The lowest BCUT2D eigenvalue weighted by atomic mass is 10.1. The molecule has 1 aliphatic rings. The smallest absolute Gasteiger partial charge is 0.225 e. The molecule has 4 rings (SSSR count). The first-order valence-electron chi connectivity index (χ1n) is 9.16. The second kappa shape index (κ2) is 6.79. The maximum atomic E-state index is 4.83. The SMILES string of the molecule is Cc1cc(N2c3ccccc3CC2C)nc(NC(C)c2ccccc2)n1. The molecule has 0 aliphatic carbocycles. The molecular formula is C22H24N4. The lowest BCUT2D eigenvalue weighted by Crippen LogP contribution is -2.25. The molecule has 0 amide bonds. The van der Waals surface area contributed by atoms with Crippen LogP contribution in [0.5, 0.6) is 0 Å². The van der Waals surface area contributed by atoms with Gasteiger partial charge in [-0.05, 0) is 44.4 Å². The van der Waals surface area contributed by atoms with Crippen LogP contribution in [-0.2, 0) is 6.42 Å². The molecule has 2 unspecified atom stereocenters. The summed E-state index contributed by atoms with van der Waals surface area (Å²) in [6, 6.07) is 21.6. The molecule has 1 aromatic heterocycles. The number of aromatic nitrogens is 2. The fourth-order valence-corrected chi connectivity index (χ4v) is 3.67. The molecule has 26 heavy (non-hydrogen) atoms. The summed E-state index contributed by atoms with van der Waals surface area (Å²) < 4.78 is 0. The van der Waals surface area contributed by atoms with Gasteiger partial charge < -0.3 is 10.2 Å². The van der Waals surface area contributed by atoms with Gasteiger partial charge in [-0.25, -0.2) is 4.98 Å². The Hall–Kier alpha value is -2.88. The molecule has 0 bridgehead atoms. The van der Waals surface area contributed by atoms with E-state index in [9.17, 15) is 0 Å². The van der Waals surface area contributed by atoms with E-state index in [1.165, 1.54) is 16.8 Å². The van der Waals surface area contributed by atoms with Gasteiger partial charge in [0.25, 0.3) is 0 Å². The molecule has 2 heterocycles. The molecule has 2 atom stereocenters. The zero-order chi connectivity index (χ0) is 18.1. The molecule has 4 nitrogen and oxygen atoms in total. The number of benzene rings is 2. The lowest BCUT2D eigenvalue weighted by Gasteiger charge is -2.25. The first kappa shape index (κ1) is 16.6. The van der Waals surface area contributed by atoms with Crippen molar-refractivity contribution in [2.45, 2.75) is 39.3 Å². The van der Waals surface area contributed by atoms with E-state index in [4.69, 9.17) is 4.98 Å². The summed E-state index contributed by atoms with van der Waals surface area (Å²) in [6.07, 6.45) is 1.04. The van der Waals surface area contributed by atoms with Crippen LogP contribution < -0.4 is 10.2 Å². The van der Waals surface area contributed by atoms with Gasteiger partial charge in [-0.15, -0.1) is 0 Å². The average molecular weight is 344 g/mol. The zero-order valence-corrected chi connectivity index (χ0v) is 15.5. The van der Waals surface area contributed by atoms with Crippen LogP contribution in [0.4, 0.5) is 17.5 Å². The van der Waals surface area contributed by atoms with Crippen molar-refractivity contribution in [2.24, 2.45) is 0 Å². The van der Waals surface area contributed by atoms with Crippen LogP contribution in [0.15, 0.2) is 60.7 Å². The Labute approximate surface area is 154 Å². The maximum Gasteiger partial charge on any atom is 0.225 e. The van der Waals surface area contributed by atoms with E-state index in [1.54, 1.807) is 0 Å². The van der Waals surface area contributed by atoms with Crippen molar-refractivity contribution in [1.29, 1.82) is 0 Å². The highest BCUT2D eigenvalue weighted by Gasteiger charge is 2.28. The largest absolute Gasteiger partial charge is 0.348 e. The third-order valence-corrected chi connectivity index (χ3v) is 4.94. The first-order chi connectivity index (χ1) is 12.6. The van der Waals surface area contributed by atoms with Gasteiger partial charge in [-0.1, -0.05) is 48.5 Å². The van der Waals surface area contributed by atoms with Crippen molar-refractivity contribution in [1.82, 2.24) is 9.97 Å². The minimum Gasteiger partial charge on any atom is -0.348 e. The predicted molar refractivity (Wildman–Crippen MR) is 107 cm³/mol. The number of nitrogens with zero attached hydrogens (tertiary/aromatic N) is 3. The van der Waals surface area contributed by atoms with E-state index in [0.29, 0.717) is 12.0 Å². The number of para-hydroxylation sites is 1. The summed E-state index contributed by atoms with van der Waals surface area (Å²) in [5, 5.41) is 3.45. The van der Waals surface area contributed by atoms with E-state index < -0.39 is 0 Å². The minimum atomic E-state index is 0.147. The van der Waals surface area contributed by atoms with Crippen LogP contribution in [0.2, 0.25) is 0 Å². The summed E-state index contributed by atoms with van der Waals surface area (Å²) in [7, 11) is 0. The third-order valence-electron chi connectivity index (χ3n) is 4.94. The Balaban J connectivity index is 1.65. The van der Waals surface area contributed by atoms with Crippen molar-refractivity contribution in [3.8, 4) is 0 Å². The Morgan fingerprint density at radius 2 is 1.77 bits per heavy atom. The second-order valence-electron chi connectivity index (χ2n) is 7.02. The van der Waals surface area contributed by atoms with Gasteiger partial charge in [0.1, 0.15) is 5.82 Å². The number of aryl methyl sites for hydroxylation is 1. The minimum absolute atomic E-state index is 0.147. The summed E-state index contributed by atoms with van der Waals surface area (Å²) in [5.41, 5.74) is 4.82. The highest BCUT2D eigenvalue weighted by atomic mass is 15.3. The molecule has 132 valence electrons. The van der Waals surface area contributed by atoms with Gasteiger partial charge in [0.15, 0.2) is 0 Å².